The van der Waals surface area contributed by atoms with Gasteiger partial charge in [-0.1, -0.05) is 46.4 Å². The minimum Gasteiger partial charge on any atom is -0.465 e. The SMILES string of the molecule is COC(=O)c1ccc(Cl)c(NC(=O)c2ncc(Cl)c(Cl)c2Cl)c1. The number of hydrogen-bond donors (Lipinski definition) is 1. The summed E-state index contributed by atoms with van der Waals surface area (Å²) in [6.07, 6.45) is 1.21. The highest BCUT2D eigenvalue weighted by Crippen LogP contribution is 2.32. The first-order valence-corrected chi connectivity index (χ1v) is 7.55. The molecule has 0 unspecified atom stereocenters. The van der Waals surface area contributed by atoms with Crippen LogP contribution in [-0.2, 0) is 4.74 Å². The van der Waals surface area contributed by atoms with Crippen molar-refractivity contribution in [3.8, 4) is 0 Å². The van der Waals surface area contributed by atoms with Crippen LogP contribution in [0.3, 0.4) is 0 Å². The van der Waals surface area contributed by atoms with Gasteiger partial charge in [-0.25, -0.2) is 9.78 Å². The molecule has 0 spiro atoms. The molecule has 0 saturated carbocycles. The summed E-state index contributed by atoms with van der Waals surface area (Å²) < 4.78 is 4.61. The van der Waals surface area contributed by atoms with Gasteiger partial charge in [0.2, 0.25) is 0 Å². The number of esters is 1. The van der Waals surface area contributed by atoms with Crippen LogP contribution in [0, 0.1) is 0 Å². The maximum absolute atomic E-state index is 12.3. The van der Waals surface area contributed by atoms with Gasteiger partial charge in [0.05, 0.1) is 38.5 Å². The second-order valence-electron chi connectivity index (χ2n) is 4.22. The normalized spacial score (nSPS) is 10.3. The fraction of sp³-hybridized carbons (Fsp3) is 0.0714. The second kappa shape index (κ2) is 7.36. The van der Waals surface area contributed by atoms with Crippen LogP contribution in [0.15, 0.2) is 24.4 Å². The van der Waals surface area contributed by atoms with E-state index in [-0.39, 0.29) is 37.0 Å². The van der Waals surface area contributed by atoms with Crippen molar-refractivity contribution in [3.05, 3.63) is 55.7 Å². The number of pyridine rings is 1. The van der Waals surface area contributed by atoms with E-state index in [9.17, 15) is 9.59 Å². The Labute approximate surface area is 151 Å². The molecule has 5 nitrogen and oxygen atoms in total. The Morgan fingerprint density at radius 1 is 1.09 bits per heavy atom. The molecule has 1 aromatic carbocycles. The van der Waals surface area contributed by atoms with Gasteiger partial charge in [-0.15, -0.1) is 0 Å². The topological polar surface area (TPSA) is 68.3 Å². The maximum atomic E-state index is 12.3. The number of nitrogens with zero attached hydrogens (tertiary/aromatic N) is 1. The van der Waals surface area contributed by atoms with Gasteiger partial charge >= 0.3 is 5.97 Å². The Hall–Kier alpha value is -1.53. The summed E-state index contributed by atoms with van der Waals surface area (Å²) in [6, 6.07) is 4.29. The molecule has 23 heavy (non-hydrogen) atoms. The number of carbonyl (C=O) groups excluding carboxylic acids is 2. The van der Waals surface area contributed by atoms with E-state index in [1.165, 1.54) is 31.5 Å². The van der Waals surface area contributed by atoms with Gasteiger partial charge in [-0.05, 0) is 18.2 Å². The molecular formula is C14H8Cl4N2O3. The van der Waals surface area contributed by atoms with Crippen LogP contribution in [0.4, 0.5) is 5.69 Å². The third kappa shape index (κ3) is 3.87. The van der Waals surface area contributed by atoms with Crippen LogP contribution in [-0.4, -0.2) is 24.0 Å². The van der Waals surface area contributed by atoms with Gasteiger partial charge in [0, 0.05) is 6.20 Å². The second-order valence-corrected chi connectivity index (χ2v) is 5.79. The zero-order valence-corrected chi connectivity index (χ0v) is 14.5. The van der Waals surface area contributed by atoms with Gasteiger partial charge in [0.25, 0.3) is 5.91 Å². The van der Waals surface area contributed by atoms with Crippen molar-refractivity contribution in [3.63, 3.8) is 0 Å². The monoisotopic (exact) mass is 392 g/mol. The molecule has 0 aliphatic heterocycles. The Kier molecular flexibility index (Phi) is 5.70. The number of anilines is 1. The molecule has 1 amide bonds. The van der Waals surface area contributed by atoms with Gasteiger partial charge in [-0.3, -0.25) is 4.79 Å². The zero-order valence-electron chi connectivity index (χ0n) is 11.5. The Morgan fingerprint density at radius 3 is 2.43 bits per heavy atom. The summed E-state index contributed by atoms with van der Waals surface area (Å²) >= 11 is 23.6. The Bertz CT molecular complexity index is 796. The van der Waals surface area contributed by atoms with E-state index in [0.29, 0.717) is 0 Å². The largest absolute Gasteiger partial charge is 0.465 e. The first-order chi connectivity index (χ1) is 10.8. The number of rotatable bonds is 3. The van der Waals surface area contributed by atoms with E-state index in [1.807, 2.05) is 0 Å². The molecule has 0 fully saturated rings. The molecule has 9 heteroatoms. The number of hydrogen-bond acceptors (Lipinski definition) is 4. The van der Waals surface area contributed by atoms with E-state index in [1.54, 1.807) is 0 Å². The molecule has 0 atom stereocenters. The molecule has 0 bridgehead atoms. The van der Waals surface area contributed by atoms with Crippen molar-refractivity contribution in [2.45, 2.75) is 0 Å². The van der Waals surface area contributed by atoms with Crippen molar-refractivity contribution < 1.29 is 14.3 Å². The quantitative estimate of drug-likeness (QED) is 0.765. The summed E-state index contributed by atoms with van der Waals surface area (Å²) in [4.78, 5) is 27.6. The summed E-state index contributed by atoms with van der Waals surface area (Å²) in [6.45, 7) is 0. The first kappa shape index (κ1) is 17.8. The summed E-state index contributed by atoms with van der Waals surface area (Å²) in [5, 5.41) is 2.78. The van der Waals surface area contributed by atoms with Crippen LogP contribution in [0.1, 0.15) is 20.8 Å². The van der Waals surface area contributed by atoms with Gasteiger partial charge in [0.1, 0.15) is 5.69 Å². The van der Waals surface area contributed by atoms with Crippen molar-refractivity contribution in [1.29, 1.82) is 0 Å². The summed E-state index contributed by atoms with van der Waals surface area (Å²) in [5.74, 6) is -1.22. The molecule has 2 aromatic rings. The van der Waals surface area contributed by atoms with Crippen molar-refractivity contribution >= 4 is 64.0 Å². The fourth-order valence-corrected chi connectivity index (χ4v) is 2.38. The van der Waals surface area contributed by atoms with E-state index in [4.69, 9.17) is 46.4 Å². The third-order valence-corrected chi connectivity index (χ3v) is 4.34. The van der Waals surface area contributed by atoms with Crippen LogP contribution < -0.4 is 5.32 Å². The van der Waals surface area contributed by atoms with Crippen molar-refractivity contribution in [2.75, 3.05) is 12.4 Å². The maximum Gasteiger partial charge on any atom is 0.337 e. The van der Waals surface area contributed by atoms with E-state index in [0.717, 1.165) is 0 Å². The number of ether oxygens (including phenoxy) is 1. The van der Waals surface area contributed by atoms with Crippen molar-refractivity contribution in [2.24, 2.45) is 0 Å². The predicted molar refractivity (Wildman–Crippen MR) is 90.0 cm³/mol. The molecular weight excluding hydrogens is 386 g/mol. The molecule has 0 radical (unpaired) electrons. The highest BCUT2D eigenvalue weighted by molar-refractivity contribution is 6.49. The summed E-state index contributed by atoms with van der Waals surface area (Å²) in [5.41, 5.74) is 0.296. The number of amides is 1. The average Bonchev–Trinajstić information content (AvgIpc) is 2.53. The summed E-state index contributed by atoms with van der Waals surface area (Å²) in [7, 11) is 1.24. The molecule has 0 aliphatic carbocycles. The molecule has 1 aromatic heterocycles. The number of aromatic nitrogens is 1. The number of methoxy groups -OCH3 is 1. The van der Waals surface area contributed by atoms with Crippen molar-refractivity contribution in [1.82, 2.24) is 4.98 Å². The number of nitrogens with one attached hydrogen (secondary N) is 1. The molecule has 0 saturated heterocycles. The van der Waals surface area contributed by atoms with Crippen LogP contribution in [0.5, 0.6) is 0 Å². The van der Waals surface area contributed by atoms with Gasteiger partial charge in [0.15, 0.2) is 0 Å². The van der Waals surface area contributed by atoms with Gasteiger partial charge in [-0.2, -0.15) is 0 Å². The lowest BCUT2D eigenvalue weighted by Gasteiger charge is -2.10. The Balaban J connectivity index is 2.34. The van der Waals surface area contributed by atoms with E-state index < -0.39 is 11.9 Å². The Morgan fingerprint density at radius 2 is 1.78 bits per heavy atom. The number of halogens is 4. The van der Waals surface area contributed by atoms with Gasteiger partial charge < -0.3 is 10.1 Å². The highest BCUT2D eigenvalue weighted by Gasteiger charge is 2.19. The minimum atomic E-state index is -0.655. The van der Waals surface area contributed by atoms with E-state index in [2.05, 4.69) is 15.0 Å². The number of carbonyl (C=O) groups is 2. The molecule has 2 rings (SSSR count). The first-order valence-electron chi connectivity index (χ1n) is 6.04. The van der Waals surface area contributed by atoms with E-state index >= 15 is 0 Å². The fourth-order valence-electron chi connectivity index (χ4n) is 1.65. The minimum absolute atomic E-state index is 0.0166. The van der Waals surface area contributed by atoms with Crippen LogP contribution in [0.25, 0.3) is 0 Å². The lowest BCUT2D eigenvalue weighted by atomic mass is 10.2. The third-order valence-electron chi connectivity index (χ3n) is 2.77. The smallest absolute Gasteiger partial charge is 0.337 e. The molecule has 120 valence electrons. The lowest BCUT2D eigenvalue weighted by Crippen LogP contribution is -2.15. The standard InChI is InChI=1S/C14H8Cl4N2O3/c1-23-14(22)6-2-3-7(15)9(4-6)20-13(21)12-11(18)10(17)8(16)5-19-12/h2-5H,1H3,(H,20,21). The predicted octanol–water partition coefficient (Wildman–Crippen LogP) is 4.73. The molecule has 1 N–H and O–H groups in total. The lowest BCUT2D eigenvalue weighted by molar-refractivity contribution is 0.0600. The van der Waals surface area contributed by atoms with Crippen LogP contribution >= 0.6 is 46.4 Å². The number of benzene rings is 1. The highest BCUT2D eigenvalue weighted by atomic mass is 35.5. The zero-order chi connectivity index (χ0) is 17.1. The van der Waals surface area contributed by atoms with Crippen LogP contribution in [0.2, 0.25) is 20.1 Å². The molecule has 0 aliphatic rings. The molecule has 1 heterocycles. The average molecular weight is 394 g/mol.